The van der Waals surface area contributed by atoms with Crippen LogP contribution in [0.4, 0.5) is 0 Å². The van der Waals surface area contributed by atoms with Gasteiger partial charge in [-0.2, -0.15) is 0 Å². The van der Waals surface area contributed by atoms with Crippen molar-refractivity contribution in [1.82, 2.24) is 14.8 Å². The number of halogens is 1. The standard InChI is InChI=1S/C12H15ClN4/c1-3-17-11(7-14)15-16-12(17)10-5-4-9(13)6-8(10)2/h4-6H,3,7,14H2,1-2H3. The van der Waals surface area contributed by atoms with Crippen LogP contribution in [-0.4, -0.2) is 14.8 Å². The zero-order valence-electron chi connectivity index (χ0n) is 9.94. The molecule has 0 fully saturated rings. The van der Waals surface area contributed by atoms with Crippen LogP contribution in [0.15, 0.2) is 18.2 Å². The highest BCUT2D eigenvalue weighted by Crippen LogP contribution is 2.25. The first-order chi connectivity index (χ1) is 8.17. The molecule has 1 heterocycles. The Morgan fingerprint density at radius 3 is 2.71 bits per heavy atom. The van der Waals surface area contributed by atoms with Gasteiger partial charge in [-0.15, -0.1) is 10.2 Å². The number of rotatable bonds is 3. The molecular weight excluding hydrogens is 236 g/mol. The fraction of sp³-hybridized carbons (Fsp3) is 0.333. The summed E-state index contributed by atoms with van der Waals surface area (Å²) >= 11 is 5.95. The van der Waals surface area contributed by atoms with Crippen molar-refractivity contribution >= 4 is 11.6 Å². The quantitative estimate of drug-likeness (QED) is 0.910. The minimum absolute atomic E-state index is 0.396. The first-order valence-electron chi connectivity index (χ1n) is 5.56. The van der Waals surface area contributed by atoms with Gasteiger partial charge in [0.15, 0.2) is 5.82 Å². The van der Waals surface area contributed by atoms with E-state index in [1.807, 2.05) is 29.7 Å². The Bertz CT molecular complexity index is 533. The van der Waals surface area contributed by atoms with E-state index >= 15 is 0 Å². The Kier molecular flexibility index (Phi) is 3.45. The minimum atomic E-state index is 0.396. The predicted octanol–water partition coefficient (Wildman–Crippen LogP) is 2.39. The lowest BCUT2D eigenvalue weighted by Crippen LogP contribution is -2.08. The normalized spacial score (nSPS) is 10.8. The van der Waals surface area contributed by atoms with E-state index in [4.69, 9.17) is 17.3 Å². The minimum Gasteiger partial charge on any atom is -0.324 e. The van der Waals surface area contributed by atoms with Gasteiger partial charge in [0.1, 0.15) is 5.82 Å². The molecule has 1 aromatic heterocycles. The van der Waals surface area contributed by atoms with E-state index in [1.54, 1.807) is 0 Å². The summed E-state index contributed by atoms with van der Waals surface area (Å²) in [4.78, 5) is 0. The summed E-state index contributed by atoms with van der Waals surface area (Å²) in [5.41, 5.74) is 7.77. The number of nitrogens with zero attached hydrogens (tertiary/aromatic N) is 3. The maximum atomic E-state index is 5.95. The van der Waals surface area contributed by atoms with E-state index in [9.17, 15) is 0 Å². The maximum absolute atomic E-state index is 5.95. The zero-order chi connectivity index (χ0) is 12.4. The van der Waals surface area contributed by atoms with Gasteiger partial charge in [0.25, 0.3) is 0 Å². The van der Waals surface area contributed by atoms with Crippen molar-refractivity contribution in [3.63, 3.8) is 0 Å². The average Bonchev–Trinajstić information content (AvgIpc) is 2.71. The van der Waals surface area contributed by atoms with Crippen molar-refractivity contribution in [2.24, 2.45) is 5.73 Å². The molecule has 17 heavy (non-hydrogen) atoms. The van der Waals surface area contributed by atoms with Crippen molar-refractivity contribution in [3.05, 3.63) is 34.6 Å². The van der Waals surface area contributed by atoms with Gasteiger partial charge >= 0.3 is 0 Å². The lowest BCUT2D eigenvalue weighted by atomic mass is 10.1. The van der Waals surface area contributed by atoms with E-state index in [1.165, 1.54) is 0 Å². The lowest BCUT2D eigenvalue weighted by molar-refractivity contribution is 0.704. The Balaban J connectivity index is 2.56. The van der Waals surface area contributed by atoms with Gasteiger partial charge in [0.05, 0.1) is 6.54 Å². The highest BCUT2D eigenvalue weighted by molar-refractivity contribution is 6.30. The van der Waals surface area contributed by atoms with Crippen LogP contribution in [-0.2, 0) is 13.1 Å². The number of hydrogen-bond acceptors (Lipinski definition) is 3. The van der Waals surface area contributed by atoms with E-state index in [-0.39, 0.29) is 0 Å². The van der Waals surface area contributed by atoms with Crippen LogP contribution in [0.25, 0.3) is 11.4 Å². The van der Waals surface area contributed by atoms with Crippen molar-refractivity contribution in [3.8, 4) is 11.4 Å². The fourth-order valence-corrected chi connectivity index (χ4v) is 2.12. The second-order valence-corrected chi connectivity index (χ2v) is 4.28. The second-order valence-electron chi connectivity index (χ2n) is 3.85. The molecule has 0 saturated carbocycles. The SMILES string of the molecule is CCn1c(CN)nnc1-c1ccc(Cl)cc1C. The third kappa shape index (κ3) is 2.18. The van der Waals surface area contributed by atoms with Gasteiger partial charge in [-0.3, -0.25) is 0 Å². The molecule has 2 aromatic rings. The van der Waals surface area contributed by atoms with E-state index < -0.39 is 0 Å². The smallest absolute Gasteiger partial charge is 0.164 e. The molecule has 0 saturated heterocycles. The predicted molar refractivity (Wildman–Crippen MR) is 68.8 cm³/mol. The van der Waals surface area contributed by atoms with E-state index in [0.717, 1.165) is 34.3 Å². The van der Waals surface area contributed by atoms with E-state index in [0.29, 0.717) is 6.54 Å². The molecule has 2 rings (SSSR count). The summed E-state index contributed by atoms with van der Waals surface area (Å²) < 4.78 is 2.02. The van der Waals surface area contributed by atoms with Crippen molar-refractivity contribution in [2.75, 3.05) is 0 Å². The molecular formula is C12H15ClN4. The number of nitrogens with two attached hydrogens (primary N) is 1. The first-order valence-corrected chi connectivity index (χ1v) is 5.93. The van der Waals surface area contributed by atoms with Gasteiger partial charge < -0.3 is 10.3 Å². The molecule has 0 aliphatic rings. The average molecular weight is 251 g/mol. The number of benzene rings is 1. The molecule has 0 amide bonds. The number of hydrogen-bond donors (Lipinski definition) is 1. The maximum Gasteiger partial charge on any atom is 0.164 e. The monoisotopic (exact) mass is 250 g/mol. The molecule has 0 unspecified atom stereocenters. The third-order valence-electron chi connectivity index (χ3n) is 2.76. The topological polar surface area (TPSA) is 56.7 Å². The largest absolute Gasteiger partial charge is 0.324 e. The lowest BCUT2D eigenvalue weighted by Gasteiger charge is -2.08. The van der Waals surface area contributed by atoms with Crippen LogP contribution in [0.1, 0.15) is 18.3 Å². The van der Waals surface area contributed by atoms with Crippen LogP contribution in [0, 0.1) is 6.92 Å². The molecule has 0 radical (unpaired) electrons. The highest BCUT2D eigenvalue weighted by Gasteiger charge is 2.13. The first kappa shape index (κ1) is 12.1. The molecule has 90 valence electrons. The van der Waals surface area contributed by atoms with Crippen LogP contribution in [0.2, 0.25) is 5.02 Å². The molecule has 0 bridgehead atoms. The summed E-state index contributed by atoms with van der Waals surface area (Å²) in [7, 11) is 0. The fourth-order valence-electron chi connectivity index (χ4n) is 1.90. The van der Waals surface area contributed by atoms with Crippen LogP contribution in [0.5, 0.6) is 0 Å². The highest BCUT2D eigenvalue weighted by atomic mass is 35.5. The van der Waals surface area contributed by atoms with Gasteiger partial charge in [-0.1, -0.05) is 11.6 Å². The number of aromatic nitrogens is 3. The Hall–Kier alpha value is -1.39. The second kappa shape index (κ2) is 4.85. The van der Waals surface area contributed by atoms with Crippen LogP contribution >= 0.6 is 11.6 Å². The van der Waals surface area contributed by atoms with Crippen molar-refractivity contribution < 1.29 is 0 Å². The summed E-state index contributed by atoms with van der Waals surface area (Å²) in [5.74, 6) is 1.65. The van der Waals surface area contributed by atoms with Gasteiger partial charge in [-0.05, 0) is 37.6 Å². The Morgan fingerprint density at radius 1 is 1.35 bits per heavy atom. The summed E-state index contributed by atoms with van der Waals surface area (Å²) in [6, 6.07) is 5.75. The van der Waals surface area contributed by atoms with Gasteiger partial charge in [-0.25, -0.2) is 0 Å². The summed E-state index contributed by atoms with van der Waals surface area (Å²) in [6.45, 7) is 5.26. The summed E-state index contributed by atoms with van der Waals surface area (Å²) in [6.07, 6.45) is 0. The van der Waals surface area contributed by atoms with Gasteiger partial charge in [0, 0.05) is 17.1 Å². The van der Waals surface area contributed by atoms with Crippen LogP contribution < -0.4 is 5.73 Å². The Morgan fingerprint density at radius 2 is 2.12 bits per heavy atom. The molecule has 0 aliphatic carbocycles. The van der Waals surface area contributed by atoms with Crippen LogP contribution in [0.3, 0.4) is 0 Å². The van der Waals surface area contributed by atoms with Gasteiger partial charge in [0.2, 0.25) is 0 Å². The molecule has 1 aromatic carbocycles. The molecule has 0 aliphatic heterocycles. The zero-order valence-corrected chi connectivity index (χ0v) is 10.7. The third-order valence-corrected chi connectivity index (χ3v) is 2.99. The molecule has 0 atom stereocenters. The van der Waals surface area contributed by atoms with E-state index in [2.05, 4.69) is 17.1 Å². The molecule has 2 N–H and O–H groups in total. The molecule has 4 nitrogen and oxygen atoms in total. The number of aryl methyl sites for hydroxylation is 1. The van der Waals surface area contributed by atoms with Crippen molar-refractivity contribution in [1.29, 1.82) is 0 Å². The molecule has 5 heteroatoms. The molecule has 0 spiro atoms. The Labute approximate surface area is 105 Å². The van der Waals surface area contributed by atoms with Crippen molar-refractivity contribution in [2.45, 2.75) is 26.9 Å². The summed E-state index contributed by atoms with van der Waals surface area (Å²) in [5, 5.41) is 9.04.